The lowest BCUT2D eigenvalue weighted by atomic mass is 10.2. The van der Waals surface area contributed by atoms with Crippen LogP contribution in [-0.2, 0) is 25.2 Å². The van der Waals surface area contributed by atoms with Crippen LogP contribution >= 0.6 is 0 Å². The largest absolute Gasteiger partial charge is 0.497 e. The van der Waals surface area contributed by atoms with Crippen LogP contribution in [0, 0.1) is 11.8 Å². The molecule has 3 atom stereocenters. The predicted molar refractivity (Wildman–Crippen MR) is 126 cm³/mol. The molecule has 0 aliphatic carbocycles. The molecule has 1 saturated heterocycles. The third kappa shape index (κ3) is 6.51. The quantitative estimate of drug-likeness (QED) is 0.390. The number of carbonyl (C=O) groups excluding carboxylic acids is 2. The molecule has 0 unspecified atom stereocenters. The van der Waals surface area contributed by atoms with Crippen molar-refractivity contribution in [2.24, 2.45) is 0 Å². The molecule has 2 heterocycles. The van der Waals surface area contributed by atoms with Gasteiger partial charge in [-0.1, -0.05) is 12.8 Å². The van der Waals surface area contributed by atoms with Crippen LogP contribution < -0.4 is 16.0 Å². The Balaban J connectivity index is 2.06. The molecule has 38 heavy (non-hydrogen) atoms. The van der Waals surface area contributed by atoms with Crippen LogP contribution in [0.1, 0.15) is 48.8 Å². The fourth-order valence-corrected chi connectivity index (χ4v) is 3.74. The summed E-state index contributed by atoms with van der Waals surface area (Å²) in [5.74, 6) is 4.00. The molecule has 2 aromatic rings. The number of rotatable bonds is 7. The number of hydrogen-bond donors (Lipinski definition) is 0. The summed E-state index contributed by atoms with van der Waals surface area (Å²) in [5.41, 5.74) is -5.12. The Morgan fingerprint density at radius 1 is 1.16 bits per heavy atom. The first-order valence-corrected chi connectivity index (χ1v) is 11.5. The second-order valence-corrected chi connectivity index (χ2v) is 8.13. The summed E-state index contributed by atoms with van der Waals surface area (Å²) in [7, 11) is 1.37. The lowest BCUT2D eigenvalue weighted by Gasteiger charge is -2.19. The van der Waals surface area contributed by atoms with E-state index in [1.807, 2.05) is 6.92 Å². The molecule has 0 spiro atoms. The minimum absolute atomic E-state index is 0.0384. The van der Waals surface area contributed by atoms with Gasteiger partial charge >= 0.3 is 17.8 Å². The number of hydrogen-bond acceptors (Lipinski definition) is 8. The van der Waals surface area contributed by atoms with E-state index >= 15 is 0 Å². The SMILES string of the molecule is CCC#CCO[C@H]1C[C@H](n2cc(C(F)(F)F)c(=O)n(C(=O)c3ccc(OC)cc3)c2=O)O[C@@H]1COC(C)=O. The van der Waals surface area contributed by atoms with E-state index in [2.05, 4.69) is 11.8 Å². The van der Waals surface area contributed by atoms with Gasteiger partial charge in [0.15, 0.2) is 0 Å². The molecular weight excluding hydrogens is 513 g/mol. The maximum absolute atomic E-state index is 13.8. The number of benzene rings is 1. The topological polar surface area (TPSA) is 115 Å². The van der Waals surface area contributed by atoms with Crippen molar-refractivity contribution in [1.82, 2.24) is 9.13 Å². The smallest absolute Gasteiger partial charge is 0.423 e. The van der Waals surface area contributed by atoms with Crippen molar-refractivity contribution in [3.63, 3.8) is 0 Å². The number of aromatic nitrogens is 2. The summed E-state index contributed by atoms with van der Waals surface area (Å²) in [6.45, 7) is 2.65. The van der Waals surface area contributed by atoms with Gasteiger partial charge in [-0.05, 0) is 24.3 Å². The number of esters is 1. The minimum atomic E-state index is -5.18. The van der Waals surface area contributed by atoms with Gasteiger partial charge in [-0.25, -0.2) is 4.79 Å². The number of nitrogens with zero attached hydrogens (tertiary/aromatic N) is 2. The fraction of sp³-hybridized carbons (Fsp3) is 0.440. The number of methoxy groups -OCH3 is 1. The van der Waals surface area contributed by atoms with Gasteiger partial charge in [0.2, 0.25) is 0 Å². The monoisotopic (exact) mass is 538 g/mol. The van der Waals surface area contributed by atoms with E-state index in [0.29, 0.717) is 22.9 Å². The minimum Gasteiger partial charge on any atom is -0.497 e. The zero-order valence-corrected chi connectivity index (χ0v) is 20.7. The Bertz CT molecular complexity index is 1350. The van der Waals surface area contributed by atoms with Crippen molar-refractivity contribution >= 4 is 11.9 Å². The molecule has 0 radical (unpaired) electrons. The lowest BCUT2D eigenvalue weighted by Crippen LogP contribution is -2.47. The highest BCUT2D eigenvalue weighted by molar-refractivity contribution is 5.95. The van der Waals surface area contributed by atoms with Gasteiger partial charge in [0.25, 0.3) is 11.5 Å². The standard InChI is InChI=1S/C25H25F3N2O8/c1-4-5-6-11-36-19-12-21(38-20(19)14-37-15(2)31)29-13-18(25(26,27)28)23(33)30(24(29)34)22(32)16-7-9-17(35-3)10-8-16/h7-10,13,19-21H,4,11-12,14H2,1-3H3/t19-,20+,21+/m0/s1. The Morgan fingerprint density at radius 2 is 1.84 bits per heavy atom. The van der Waals surface area contributed by atoms with E-state index in [4.69, 9.17) is 18.9 Å². The van der Waals surface area contributed by atoms with E-state index in [1.54, 1.807) is 0 Å². The van der Waals surface area contributed by atoms with E-state index < -0.39 is 53.3 Å². The highest BCUT2D eigenvalue weighted by Gasteiger charge is 2.42. The van der Waals surface area contributed by atoms with Gasteiger partial charge in [0, 0.05) is 31.5 Å². The van der Waals surface area contributed by atoms with Crippen molar-refractivity contribution in [3.8, 4) is 17.6 Å². The van der Waals surface area contributed by atoms with Gasteiger partial charge < -0.3 is 18.9 Å². The molecular formula is C25H25F3N2O8. The van der Waals surface area contributed by atoms with E-state index in [-0.39, 0.29) is 29.8 Å². The Kier molecular flexibility index (Phi) is 9.13. The maximum Gasteiger partial charge on any atom is 0.423 e. The summed E-state index contributed by atoms with van der Waals surface area (Å²) < 4.78 is 63.2. The van der Waals surface area contributed by atoms with Gasteiger partial charge in [0.05, 0.1) is 13.2 Å². The van der Waals surface area contributed by atoms with Gasteiger partial charge in [-0.3, -0.25) is 19.0 Å². The molecule has 13 heteroatoms. The van der Waals surface area contributed by atoms with Crippen LogP contribution in [-0.4, -0.2) is 53.5 Å². The molecule has 0 bridgehead atoms. The van der Waals surface area contributed by atoms with Crippen molar-refractivity contribution in [3.05, 3.63) is 62.4 Å². The number of ether oxygens (including phenoxy) is 4. The van der Waals surface area contributed by atoms with Gasteiger partial charge in [0.1, 0.15) is 36.9 Å². The molecule has 0 amide bonds. The highest BCUT2D eigenvalue weighted by Crippen LogP contribution is 2.32. The molecule has 1 fully saturated rings. The first-order valence-electron chi connectivity index (χ1n) is 11.5. The molecule has 1 aromatic heterocycles. The molecule has 1 aliphatic heterocycles. The van der Waals surface area contributed by atoms with E-state index in [1.165, 1.54) is 31.4 Å². The molecule has 0 saturated carbocycles. The van der Waals surface area contributed by atoms with Crippen LogP contribution in [0.25, 0.3) is 0 Å². The van der Waals surface area contributed by atoms with Crippen LogP contribution in [0.3, 0.4) is 0 Å². The lowest BCUT2D eigenvalue weighted by molar-refractivity contribution is -0.148. The first-order chi connectivity index (χ1) is 18.0. The Hall–Kier alpha value is -3.89. The second kappa shape index (κ2) is 12.1. The van der Waals surface area contributed by atoms with Crippen molar-refractivity contribution in [2.45, 2.75) is 51.3 Å². The van der Waals surface area contributed by atoms with Crippen LogP contribution in [0.5, 0.6) is 5.75 Å². The van der Waals surface area contributed by atoms with E-state index in [9.17, 15) is 32.3 Å². The van der Waals surface area contributed by atoms with E-state index in [0.717, 1.165) is 6.92 Å². The summed E-state index contributed by atoms with van der Waals surface area (Å²) >= 11 is 0. The highest BCUT2D eigenvalue weighted by atomic mass is 19.4. The average molecular weight is 538 g/mol. The first kappa shape index (κ1) is 28.7. The zero-order valence-electron chi connectivity index (χ0n) is 20.7. The van der Waals surface area contributed by atoms with Crippen LogP contribution in [0.2, 0.25) is 0 Å². The molecule has 1 aliphatic rings. The molecule has 3 rings (SSSR count). The Morgan fingerprint density at radius 3 is 2.42 bits per heavy atom. The third-order valence-electron chi connectivity index (χ3n) is 5.57. The predicted octanol–water partition coefficient (Wildman–Crippen LogP) is 2.38. The van der Waals surface area contributed by atoms with Crippen LogP contribution in [0.4, 0.5) is 13.2 Å². The molecule has 0 N–H and O–H groups in total. The zero-order chi connectivity index (χ0) is 28.0. The van der Waals surface area contributed by atoms with Crippen molar-refractivity contribution < 1.29 is 41.7 Å². The summed E-state index contributed by atoms with van der Waals surface area (Å²) in [4.78, 5) is 50.3. The number of carbonyl (C=O) groups is 2. The normalized spacial score (nSPS) is 18.9. The number of alkyl halides is 3. The average Bonchev–Trinajstić information content (AvgIpc) is 3.27. The molecule has 204 valence electrons. The third-order valence-corrected chi connectivity index (χ3v) is 5.57. The fourth-order valence-electron chi connectivity index (χ4n) is 3.74. The van der Waals surface area contributed by atoms with Gasteiger partial charge in [-0.15, -0.1) is 5.92 Å². The summed E-state index contributed by atoms with van der Waals surface area (Å²) in [5, 5.41) is 0. The summed E-state index contributed by atoms with van der Waals surface area (Å²) in [6.07, 6.45) is -7.58. The maximum atomic E-state index is 13.8. The van der Waals surface area contributed by atoms with Crippen molar-refractivity contribution in [2.75, 3.05) is 20.3 Å². The van der Waals surface area contributed by atoms with Crippen LogP contribution in [0.15, 0.2) is 40.1 Å². The van der Waals surface area contributed by atoms with Gasteiger partial charge in [-0.2, -0.15) is 17.7 Å². The second-order valence-electron chi connectivity index (χ2n) is 8.13. The molecule has 1 aromatic carbocycles. The Labute approximate surface area is 214 Å². The summed E-state index contributed by atoms with van der Waals surface area (Å²) in [6, 6.07) is 5.13. The molecule has 10 nitrogen and oxygen atoms in total. The number of halogens is 3. The van der Waals surface area contributed by atoms with Crippen molar-refractivity contribution in [1.29, 1.82) is 0 Å².